The Hall–Kier alpha value is -3.80. The van der Waals surface area contributed by atoms with Gasteiger partial charge in [0.25, 0.3) is 5.91 Å². The van der Waals surface area contributed by atoms with E-state index in [4.69, 9.17) is 0 Å². The lowest BCUT2D eigenvalue weighted by Gasteiger charge is -2.45. The smallest absolute Gasteiger partial charge is 0.334 e. The van der Waals surface area contributed by atoms with Gasteiger partial charge in [-0.25, -0.2) is 5.01 Å². The molecule has 41 heavy (non-hydrogen) atoms. The van der Waals surface area contributed by atoms with Crippen LogP contribution >= 0.6 is 0 Å². The van der Waals surface area contributed by atoms with E-state index in [2.05, 4.69) is 46.1 Å². The molecule has 9 nitrogen and oxygen atoms in total. The number of aldehydes is 1. The van der Waals surface area contributed by atoms with Gasteiger partial charge in [-0.05, 0) is 58.0 Å². The maximum absolute atomic E-state index is 12.7. The molecule has 1 saturated heterocycles. The number of nitrogens with zero attached hydrogens (tertiary/aromatic N) is 6. The van der Waals surface area contributed by atoms with Crippen molar-refractivity contribution in [2.24, 2.45) is 16.0 Å². The second-order valence-electron chi connectivity index (χ2n) is 11.4. The summed E-state index contributed by atoms with van der Waals surface area (Å²) in [5.74, 6) is 0.838. The topological polar surface area (TPSA) is 97.3 Å². The Morgan fingerprint density at radius 1 is 1.17 bits per heavy atom. The van der Waals surface area contributed by atoms with Crippen LogP contribution in [0.25, 0.3) is 0 Å². The number of rotatable bonds is 4. The first-order chi connectivity index (χ1) is 19.2. The molecule has 1 unspecified atom stereocenters. The van der Waals surface area contributed by atoms with Crippen molar-refractivity contribution in [3.05, 3.63) is 64.5 Å². The third-order valence-corrected chi connectivity index (χ3v) is 7.49. The van der Waals surface area contributed by atoms with Gasteiger partial charge >= 0.3 is 6.18 Å². The summed E-state index contributed by atoms with van der Waals surface area (Å²) in [6.45, 7) is 13.0. The normalized spacial score (nSPS) is 20.5. The molecule has 0 aliphatic carbocycles. The van der Waals surface area contributed by atoms with E-state index >= 15 is 0 Å². The zero-order valence-electron chi connectivity index (χ0n) is 24.2. The number of amides is 1. The highest BCUT2D eigenvalue weighted by molar-refractivity contribution is 6.17. The molecule has 0 saturated carbocycles. The van der Waals surface area contributed by atoms with Gasteiger partial charge in [0.05, 0.1) is 17.8 Å². The number of halogens is 3. The van der Waals surface area contributed by atoms with E-state index in [0.29, 0.717) is 29.3 Å². The number of nitrogens with one attached hydrogen (secondary N) is 1. The minimum absolute atomic E-state index is 0.0236. The number of piperazine rings is 1. The molecule has 12 heteroatoms. The van der Waals surface area contributed by atoms with Crippen molar-refractivity contribution in [3.8, 4) is 0 Å². The Bertz CT molecular complexity index is 1370. The van der Waals surface area contributed by atoms with Crippen LogP contribution in [0.2, 0.25) is 0 Å². The van der Waals surface area contributed by atoms with E-state index in [1.165, 1.54) is 12.1 Å². The summed E-state index contributed by atoms with van der Waals surface area (Å²) in [6.07, 6.45) is -1.76. The fraction of sp³-hybridized carbons (Fsp3) is 0.483. The Kier molecular flexibility index (Phi) is 8.53. The summed E-state index contributed by atoms with van der Waals surface area (Å²) in [6, 6.07) is 6.24. The van der Waals surface area contributed by atoms with Crippen LogP contribution in [0.15, 0.2) is 52.1 Å². The predicted octanol–water partition coefficient (Wildman–Crippen LogP) is 4.17. The average Bonchev–Trinajstić information content (AvgIpc) is 3.55. The minimum atomic E-state index is -4.36. The van der Waals surface area contributed by atoms with Crippen molar-refractivity contribution in [1.82, 2.24) is 25.0 Å². The van der Waals surface area contributed by atoms with Crippen LogP contribution in [0.3, 0.4) is 0 Å². The number of H-pyrrole nitrogens is 1. The van der Waals surface area contributed by atoms with Crippen LogP contribution in [0.4, 0.5) is 13.2 Å². The molecule has 0 spiro atoms. The number of fused-ring (bicyclic) bond motifs is 1. The van der Waals surface area contributed by atoms with Gasteiger partial charge in [0.2, 0.25) is 0 Å². The number of aromatic nitrogens is 2. The predicted molar refractivity (Wildman–Crippen MR) is 151 cm³/mol. The number of carbonyl (C=O) groups is 2. The summed E-state index contributed by atoms with van der Waals surface area (Å²) in [5, 5.41) is 12.9. The Balaban J connectivity index is 0.000000201. The lowest BCUT2D eigenvalue weighted by Crippen LogP contribution is -2.58. The maximum atomic E-state index is 12.7. The molecule has 5 rings (SSSR count). The molecular weight excluding hydrogens is 535 g/mol. The molecule has 3 aliphatic rings. The Morgan fingerprint density at radius 2 is 1.85 bits per heavy atom. The van der Waals surface area contributed by atoms with Crippen LogP contribution in [0.1, 0.15) is 55.0 Å². The van der Waals surface area contributed by atoms with Gasteiger partial charge < -0.3 is 9.69 Å². The van der Waals surface area contributed by atoms with Gasteiger partial charge in [-0.2, -0.15) is 23.4 Å². The quantitative estimate of drug-likeness (QED) is 0.556. The second-order valence-corrected chi connectivity index (χ2v) is 11.4. The summed E-state index contributed by atoms with van der Waals surface area (Å²) in [5.41, 5.74) is 2.85. The third kappa shape index (κ3) is 6.75. The van der Waals surface area contributed by atoms with E-state index in [9.17, 15) is 22.8 Å². The number of benzene rings is 1. The molecule has 0 radical (unpaired) electrons. The lowest BCUT2D eigenvalue weighted by atomic mass is 9.96. The van der Waals surface area contributed by atoms with Gasteiger partial charge in [0, 0.05) is 42.0 Å². The number of allylic oxidation sites excluding steroid dienone is 1. The first-order valence-electron chi connectivity index (χ1n) is 13.5. The summed E-state index contributed by atoms with van der Waals surface area (Å²) in [4.78, 5) is 31.8. The monoisotopic (exact) mass is 571 g/mol. The highest BCUT2D eigenvalue weighted by atomic mass is 19.4. The van der Waals surface area contributed by atoms with E-state index in [-0.39, 0.29) is 17.4 Å². The van der Waals surface area contributed by atoms with Gasteiger partial charge in [-0.15, -0.1) is 0 Å². The van der Waals surface area contributed by atoms with Gasteiger partial charge in [-0.3, -0.25) is 19.8 Å². The molecule has 1 fully saturated rings. The van der Waals surface area contributed by atoms with E-state index in [1.807, 2.05) is 31.7 Å². The van der Waals surface area contributed by atoms with Crippen LogP contribution < -0.4 is 0 Å². The summed E-state index contributed by atoms with van der Waals surface area (Å²) < 4.78 is 38.1. The Labute approximate surface area is 237 Å². The molecule has 4 heterocycles. The molecule has 0 bridgehead atoms. The fourth-order valence-corrected chi connectivity index (χ4v) is 4.78. The average molecular weight is 572 g/mol. The van der Waals surface area contributed by atoms with Crippen LogP contribution in [-0.4, -0.2) is 93.6 Å². The number of aromatic amines is 1. The SMILES string of the molecule is CC(C)C1=CC(c2ccc(C(F)(F)F)cc2)=NN2CC(C=O)N=C12.Cc1cc(C(=O)N2CCN(C)C(C)(C)C2)n[nH]1. The Morgan fingerprint density at radius 3 is 2.39 bits per heavy atom. The number of aliphatic imine (C=N–C) groups is 1. The number of hydrogen-bond acceptors (Lipinski definition) is 7. The molecule has 1 aromatic carbocycles. The molecule has 1 aromatic heterocycles. The lowest BCUT2D eigenvalue weighted by molar-refractivity contribution is -0.137. The number of carbonyl (C=O) groups excluding carboxylic acids is 2. The van der Waals surface area contributed by atoms with Crippen LogP contribution in [0, 0.1) is 12.8 Å². The number of amidine groups is 1. The first kappa shape index (κ1) is 30.2. The van der Waals surface area contributed by atoms with Crippen molar-refractivity contribution in [2.45, 2.75) is 52.4 Å². The van der Waals surface area contributed by atoms with Crippen molar-refractivity contribution in [3.63, 3.8) is 0 Å². The second kappa shape index (κ2) is 11.6. The number of aryl methyl sites for hydroxylation is 1. The largest absolute Gasteiger partial charge is 0.416 e. The van der Waals surface area contributed by atoms with Crippen molar-refractivity contribution >= 4 is 23.7 Å². The molecule has 1 atom stereocenters. The molecule has 3 aliphatic heterocycles. The van der Waals surface area contributed by atoms with Crippen molar-refractivity contribution < 1.29 is 22.8 Å². The van der Waals surface area contributed by atoms with Crippen molar-refractivity contribution in [1.29, 1.82) is 0 Å². The summed E-state index contributed by atoms with van der Waals surface area (Å²) in [7, 11) is 2.10. The molecule has 1 amide bonds. The van der Waals surface area contributed by atoms with Crippen molar-refractivity contribution in [2.75, 3.05) is 33.2 Å². The number of hydrogen-bond donors (Lipinski definition) is 1. The van der Waals surface area contributed by atoms with Gasteiger partial charge in [0.15, 0.2) is 0 Å². The minimum Gasteiger partial charge on any atom is -0.334 e. The van der Waals surface area contributed by atoms with Gasteiger partial charge in [-0.1, -0.05) is 26.0 Å². The maximum Gasteiger partial charge on any atom is 0.416 e. The molecular formula is C29H36F3N7O2. The molecule has 1 N–H and O–H groups in total. The zero-order chi connectivity index (χ0) is 30.1. The standard InChI is InChI=1S/C17H16F3N3O.C12H20N4O/c1-10(2)14-7-15(22-23-8-13(9-24)21-16(14)23)11-3-5-12(6-4-11)17(18,19)20;1-9-7-10(14-13-9)11(17)16-6-5-15(4)12(2,3)8-16/h3-7,9-10,13H,8H2,1-2H3;7H,5-6,8H2,1-4H3,(H,13,14). The molecule has 220 valence electrons. The fourth-order valence-electron chi connectivity index (χ4n) is 4.78. The van der Waals surface area contributed by atoms with Crippen LogP contribution in [0.5, 0.6) is 0 Å². The van der Waals surface area contributed by atoms with E-state index in [0.717, 1.165) is 49.3 Å². The van der Waals surface area contributed by atoms with E-state index in [1.54, 1.807) is 11.1 Å². The highest BCUT2D eigenvalue weighted by Gasteiger charge is 2.35. The van der Waals surface area contributed by atoms with Crippen LogP contribution in [-0.2, 0) is 11.0 Å². The summed E-state index contributed by atoms with van der Waals surface area (Å²) >= 11 is 0. The highest BCUT2D eigenvalue weighted by Crippen LogP contribution is 2.30. The number of likely N-dealkylation sites (N-methyl/N-ethyl adjacent to an activating group) is 1. The van der Waals surface area contributed by atoms with E-state index < -0.39 is 17.8 Å². The number of alkyl halides is 3. The van der Waals surface area contributed by atoms with Gasteiger partial charge in [0.1, 0.15) is 23.9 Å². The first-order valence-corrected chi connectivity index (χ1v) is 13.5. The zero-order valence-corrected chi connectivity index (χ0v) is 24.2. The third-order valence-electron chi connectivity index (χ3n) is 7.49. The molecule has 2 aromatic rings. The number of hydrazone groups is 1.